The zero-order valence-electron chi connectivity index (χ0n) is 14.6. The van der Waals surface area contributed by atoms with Crippen LogP contribution in [0.25, 0.3) is 0 Å². The van der Waals surface area contributed by atoms with E-state index in [1.54, 1.807) is 0 Å². The number of aldehydes is 1. The number of nitrogens with zero attached hydrogens (tertiary/aromatic N) is 2. The van der Waals surface area contributed by atoms with Gasteiger partial charge in [-0.2, -0.15) is 5.10 Å². The first-order chi connectivity index (χ1) is 12.7. The van der Waals surface area contributed by atoms with Gasteiger partial charge in [-0.1, -0.05) is 17.7 Å². The van der Waals surface area contributed by atoms with E-state index < -0.39 is 6.10 Å². The highest BCUT2D eigenvalue weighted by Crippen LogP contribution is 2.49. The van der Waals surface area contributed by atoms with Gasteiger partial charge in [-0.25, -0.2) is 0 Å². The minimum absolute atomic E-state index is 0.379. The van der Waals surface area contributed by atoms with Crippen LogP contribution in [0, 0.1) is 0 Å². The van der Waals surface area contributed by atoms with Gasteiger partial charge >= 0.3 is 0 Å². The van der Waals surface area contributed by atoms with Gasteiger partial charge < -0.3 is 9.53 Å². The number of likely N-dealkylation sites (tertiary alicyclic amines) is 1. The average molecular weight is 372 g/mol. The first-order valence-electron chi connectivity index (χ1n) is 9.36. The summed E-state index contributed by atoms with van der Waals surface area (Å²) < 4.78 is 6.23. The van der Waals surface area contributed by atoms with Gasteiger partial charge in [-0.05, 0) is 55.0 Å². The van der Waals surface area contributed by atoms with Crippen molar-refractivity contribution < 1.29 is 9.53 Å². The van der Waals surface area contributed by atoms with Crippen LogP contribution in [0.5, 0.6) is 0 Å². The van der Waals surface area contributed by atoms with E-state index in [9.17, 15) is 4.79 Å². The Balaban J connectivity index is 1.30. The molecule has 1 N–H and O–H groups in total. The normalized spacial score (nSPS) is 24.7. The number of ether oxygens (including phenoxy) is 1. The van der Waals surface area contributed by atoms with Crippen LogP contribution < -0.4 is 0 Å². The summed E-state index contributed by atoms with van der Waals surface area (Å²) in [6.07, 6.45) is 4.71. The molecular weight excluding hydrogens is 350 g/mol. The fourth-order valence-electron chi connectivity index (χ4n) is 4.39. The molecule has 3 aliphatic rings. The number of H-pyrrole nitrogens is 1. The third kappa shape index (κ3) is 2.79. The number of rotatable bonds is 4. The number of carbonyl (C=O) groups is 1. The summed E-state index contributed by atoms with van der Waals surface area (Å²) in [6.45, 7) is 2.74. The first kappa shape index (κ1) is 16.5. The molecule has 2 fully saturated rings. The summed E-state index contributed by atoms with van der Waals surface area (Å²) in [5, 5.41) is 8.33. The minimum Gasteiger partial charge on any atom is -0.355 e. The van der Waals surface area contributed by atoms with Gasteiger partial charge in [0.05, 0.1) is 11.3 Å². The van der Waals surface area contributed by atoms with Crippen LogP contribution in [0.4, 0.5) is 0 Å². The smallest absolute Gasteiger partial charge is 0.153 e. The van der Waals surface area contributed by atoms with Gasteiger partial charge in [0, 0.05) is 36.3 Å². The molecule has 2 aliphatic heterocycles. The van der Waals surface area contributed by atoms with Crippen molar-refractivity contribution in [1.82, 2.24) is 15.1 Å². The van der Waals surface area contributed by atoms with Crippen LogP contribution in [0.2, 0.25) is 5.02 Å². The second kappa shape index (κ2) is 6.19. The number of halogens is 1. The number of benzene rings is 1. The molecule has 0 radical (unpaired) electrons. The third-order valence-electron chi connectivity index (χ3n) is 5.99. The number of carbonyl (C=O) groups excluding carboxylic acids is 1. The van der Waals surface area contributed by atoms with Gasteiger partial charge in [0.1, 0.15) is 6.10 Å². The van der Waals surface area contributed by atoms with E-state index in [-0.39, 0.29) is 5.60 Å². The predicted octanol–water partition coefficient (Wildman–Crippen LogP) is 3.70. The lowest BCUT2D eigenvalue weighted by molar-refractivity contribution is -0.137. The molecule has 5 rings (SSSR count). The molecule has 1 atom stereocenters. The number of piperidine rings is 1. The predicted molar refractivity (Wildman–Crippen MR) is 98.1 cm³/mol. The molecule has 0 bridgehead atoms. The highest BCUT2D eigenvalue weighted by Gasteiger charge is 2.46. The highest BCUT2D eigenvalue weighted by atomic mass is 35.5. The Morgan fingerprint density at radius 1 is 1.31 bits per heavy atom. The zero-order valence-corrected chi connectivity index (χ0v) is 15.3. The van der Waals surface area contributed by atoms with E-state index in [4.69, 9.17) is 16.3 Å². The molecule has 1 saturated heterocycles. The number of aromatic amines is 1. The zero-order chi connectivity index (χ0) is 17.7. The Hall–Kier alpha value is -1.69. The van der Waals surface area contributed by atoms with Crippen molar-refractivity contribution in [2.45, 2.75) is 49.9 Å². The van der Waals surface area contributed by atoms with Crippen LogP contribution >= 0.6 is 11.6 Å². The van der Waals surface area contributed by atoms with E-state index in [0.29, 0.717) is 10.9 Å². The molecule has 1 saturated carbocycles. The van der Waals surface area contributed by atoms with Gasteiger partial charge in [-0.15, -0.1) is 0 Å². The lowest BCUT2D eigenvalue weighted by Gasteiger charge is -2.39. The fourth-order valence-corrected chi connectivity index (χ4v) is 4.56. The van der Waals surface area contributed by atoms with Gasteiger partial charge in [0.25, 0.3) is 0 Å². The summed E-state index contributed by atoms with van der Waals surface area (Å²) >= 11 is 6.22. The minimum atomic E-state index is -0.470. The largest absolute Gasteiger partial charge is 0.355 e. The van der Waals surface area contributed by atoms with Crippen molar-refractivity contribution in [3.63, 3.8) is 0 Å². The van der Waals surface area contributed by atoms with Gasteiger partial charge in [0.15, 0.2) is 6.29 Å². The van der Waals surface area contributed by atoms with Crippen molar-refractivity contribution in [3.05, 3.63) is 51.8 Å². The molecule has 1 spiro atoms. The van der Waals surface area contributed by atoms with E-state index in [2.05, 4.69) is 21.2 Å². The molecule has 0 amide bonds. The number of nitrogens with one attached hydrogen (secondary N) is 1. The molecule has 26 heavy (non-hydrogen) atoms. The van der Waals surface area contributed by atoms with Crippen molar-refractivity contribution in [1.29, 1.82) is 0 Å². The number of aromatic nitrogens is 2. The van der Waals surface area contributed by atoms with Gasteiger partial charge in [-0.3, -0.25) is 10.00 Å². The summed E-state index contributed by atoms with van der Waals surface area (Å²) in [6, 6.07) is 7.96. The van der Waals surface area contributed by atoms with Crippen molar-refractivity contribution in [2.75, 3.05) is 13.1 Å². The Bertz CT molecular complexity index is 837. The molecule has 1 aromatic carbocycles. The van der Waals surface area contributed by atoms with Crippen LogP contribution in [0.3, 0.4) is 0 Å². The Labute approximate surface area is 157 Å². The van der Waals surface area contributed by atoms with Crippen LogP contribution in [0.15, 0.2) is 24.3 Å². The highest BCUT2D eigenvalue weighted by molar-refractivity contribution is 6.30. The van der Waals surface area contributed by atoms with Crippen molar-refractivity contribution in [3.8, 4) is 0 Å². The Morgan fingerprint density at radius 3 is 2.85 bits per heavy atom. The van der Waals surface area contributed by atoms with Crippen LogP contribution in [-0.2, 0) is 21.7 Å². The summed E-state index contributed by atoms with van der Waals surface area (Å²) in [5.41, 5.74) is 4.09. The fraction of sp³-hybridized carbons (Fsp3) is 0.500. The van der Waals surface area contributed by atoms with Crippen molar-refractivity contribution in [2.24, 2.45) is 0 Å². The Kier molecular flexibility index (Phi) is 3.92. The van der Waals surface area contributed by atoms with Crippen molar-refractivity contribution >= 4 is 17.9 Å². The molecule has 136 valence electrons. The van der Waals surface area contributed by atoms with E-state index >= 15 is 0 Å². The maximum atomic E-state index is 11.5. The Morgan fingerprint density at radius 2 is 2.12 bits per heavy atom. The lowest BCUT2D eigenvalue weighted by atomic mass is 9.83. The number of hydrogen-bond donors (Lipinski definition) is 1. The molecule has 1 aliphatic carbocycles. The van der Waals surface area contributed by atoms with Crippen LogP contribution in [-0.4, -0.2) is 34.5 Å². The number of fused-ring (bicyclic) bond motifs is 2. The summed E-state index contributed by atoms with van der Waals surface area (Å²) in [4.78, 5) is 13.9. The molecule has 3 heterocycles. The van der Waals surface area contributed by atoms with E-state index in [0.717, 1.165) is 49.9 Å². The monoisotopic (exact) mass is 371 g/mol. The standard InChI is InChI=1S/C20H22ClN3O2/c21-14-3-4-16-17(9-14)20(26-19(16)12-25)5-7-24(8-6-20)11-15-10-18(23-22-15)13-1-2-13/h3-4,9-10,12-13,19H,1-2,5-8,11H2,(H,22,23). The maximum Gasteiger partial charge on any atom is 0.153 e. The molecule has 1 aromatic heterocycles. The molecule has 6 heteroatoms. The second-order valence-corrected chi connectivity index (χ2v) is 8.21. The molecule has 5 nitrogen and oxygen atoms in total. The molecule has 1 unspecified atom stereocenters. The SMILES string of the molecule is O=CC1OC2(CCN(Cc3cc(C4CC4)n[nH]3)CC2)c2cc(Cl)ccc21. The first-order valence-corrected chi connectivity index (χ1v) is 9.74. The van der Waals surface area contributed by atoms with E-state index in [1.165, 1.54) is 24.2 Å². The van der Waals surface area contributed by atoms with E-state index in [1.807, 2.05) is 18.2 Å². The quantitative estimate of drug-likeness (QED) is 0.832. The third-order valence-corrected chi connectivity index (χ3v) is 6.23. The molecule has 2 aromatic rings. The summed E-state index contributed by atoms with van der Waals surface area (Å²) in [5.74, 6) is 0.679. The molecular formula is C20H22ClN3O2. The number of hydrogen-bond acceptors (Lipinski definition) is 4. The topological polar surface area (TPSA) is 58.2 Å². The van der Waals surface area contributed by atoms with Gasteiger partial charge in [0.2, 0.25) is 0 Å². The summed E-state index contributed by atoms with van der Waals surface area (Å²) in [7, 11) is 0. The maximum absolute atomic E-state index is 11.5. The lowest BCUT2D eigenvalue weighted by Crippen LogP contribution is -2.42. The van der Waals surface area contributed by atoms with Crippen LogP contribution in [0.1, 0.15) is 60.2 Å². The second-order valence-electron chi connectivity index (χ2n) is 7.77. The average Bonchev–Trinajstić information content (AvgIpc) is 3.33.